The molecule has 2 aliphatic rings. The summed E-state index contributed by atoms with van der Waals surface area (Å²) in [6.07, 6.45) is 4.34. The van der Waals surface area contributed by atoms with Crippen LogP contribution in [0.5, 0.6) is 0 Å². The zero-order valence-electron chi connectivity index (χ0n) is 23.6. The Balaban J connectivity index is 1.47. The molecule has 0 radical (unpaired) electrons. The van der Waals surface area contributed by atoms with Crippen LogP contribution in [0.15, 0.2) is 36.4 Å². The summed E-state index contributed by atoms with van der Waals surface area (Å²) in [5, 5.41) is 10.4. The van der Waals surface area contributed by atoms with Crippen molar-refractivity contribution in [2.45, 2.75) is 77.4 Å². The third kappa shape index (κ3) is 5.35. The molecule has 1 atom stereocenters. The Morgan fingerprint density at radius 2 is 1.75 bits per heavy atom. The highest BCUT2D eigenvalue weighted by Crippen LogP contribution is 2.43. The molecule has 1 fully saturated rings. The standard InChI is InChI=1S/C31H38FN5O3/c1-17(34-4)30(40)36-21-9-7-20(8-10-21)35-24-13-18(5-11-22(24)29(33)39)28-23-12-6-19(32)14-25(23)37-26(28)15-31(2,3)16-27(37)38/h5-6,11-14,17,20-21,34-35H,7-10,15-16H2,1-4H3,(H2,33,39)(H,36,40)/t17-,20-,21-/m0/s1. The molecule has 0 spiro atoms. The minimum absolute atomic E-state index is 0.00714. The van der Waals surface area contributed by atoms with Gasteiger partial charge in [-0.2, -0.15) is 0 Å². The Kier molecular flexibility index (Phi) is 7.44. The molecule has 1 aliphatic carbocycles. The van der Waals surface area contributed by atoms with Gasteiger partial charge < -0.3 is 21.7 Å². The molecule has 2 heterocycles. The van der Waals surface area contributed by atoms with Gasteiger partial charge in [-0.05, 0) is 87.4 Å². The number of carbonyl (C=O) groups is 3. The van der Waals surface area contributed by atoms with Gasteiger partial charge in [-0.15, -0.1) is 0 Å². The Morgan fingerprint density at radius 3 is 2.42 bits per heavy atom. The lowest BCUT2D eigenvalue weighted by molar-refractivity contribution is -0.123. The largest absolute Gasteiger partial charge is 0.382 e. The average Bonchev–Trinajstić information content (AvgIpc) is 3.21. The van der Waals surface area contributed by atoms with E-state index < -0.39 is 11.7 Å². The summed E-state index contributed by atoms with van der Waals surface area (Å²) in [5.74, 6) is -0.978. The molecule has 0 bridgehead atoms. The predicted molar refractivity (Wildman–Crippen MR) is 155 cm³/mol. The molecule has 3 aromatic rings. The normalized spacial score (nSPS) is 21.1. The van der Waals surface area contributed by atoms with Gasteiger partial charge in [0.25, 0.3) is 5.91 Å². The second kappa shape index (κ2) is 10.7. The minimum Gasteiger partial charge on any atom is -0.382 e. The lowest BCUT2D eigenvalue weighted by Gasteiger charge is -2.31. The predicted octanol–water partition coefficient (Wildman–Crippen LogP) is 4.61. The topological polar surface area (TPSA) is 118 Å². The number of anilines is 1. The van der Waals surface area contributed by atoms with E-state index in [4.69, 9.17) is 5.73 Å². The summed E-state index contributed by atoms with van der Waals surface area (Å²) < 4.78 is 16.0. The molecule has 2 amide bonds. The van der Waals surface area contributed by atoms with Crippen LogP contribution in [0.1, 0.15) is 73.7 Å². The van der Waals surface area contributed by atoms with Crippen molar-refractivity contribution >= 4 is 34.3 Å². The Hall–Kier alpha value is -3.72. The number of primary amides is 1. The highest BCUT2D eigenvalue weighted by molar-refractivity contribution is 6.06. The maximum absolute atomic E-state index is 14.3. The molecule has 212 valence electrons. The van der Waals surface area contributed by atoms with Gasteiger partial charge in [0.15, 0.2) is 0 Å². The number of aromatic nitrogens is 1. The average molecular weight is 548 g/mol. The van der Waals surface area contributed by atoms with Crippen LogP contribution in [0.2, 0.25) is 0 Å². The number of nitrogens with two attached hydrogens (primary N) is 1. The van der Waals surface area contributed by atoms with E-state index in [9.17, 15) is 18.8 Å². The van der Waals surface area contributed by atoms with E-state index in [1.54, 1.807) is 23.7 Å². The van der Waals surface area contributed by atoms with Crippen molar-refractivity contribution in [1.82, 2.24) is 15.2 Å². The quantitative estimate of drug-likeness (QED) is 0.345. The first-order chi connectivity index (χ1) is 19.0. The molecule has 8 nitrogen and oxygen atoms in total. The van der Waals surface area contributed by atoms with E-state index >= 15 is 0 Å². The van der Waals surface area contributed by atoms with Gasteiger partial charge in [0.2, 0.25) is 11.8 Å². The third-order valence-electron chi connectivity index (χ3n) is 8.39. The Labute approximate surface area is 233 Å². The van der Waals surface area contributed by atoms with E-state index in [-0.39, 0.29) is 35.4 Å². The Bertz CT molecular complexity index is 1490. The fourth-order valence-electron chi connectivity index (χ4n) is 6.19. The van der Waals surface area contributed by atoms with Crippen LogP contribution in [0.4, 0.5) is 10.1 Å². The molecule has 40 heavy (non-hydrogen) atoms. The number of rotatable bonds is 7. The third-order valence-corrected chi connectivity index (χ3v) is 8.39. The Morgan fingerprint density at radius 1 is 1.05 bits per heavy atom. The number of nitrogens with zero attached hydrogens (tertiary/aromatic N) is 1. The molecule has 9 heteroatoms. The number of likely N-dealkylation sites (N-methyl/N-ethyl adjacent to an activating group) is 1. The highest BCUT2D eigenvalue weighted by atomic mass is 19.1. The number of halogens is 1. The van der Waals surface area contributed by atoms with Crippen LogP contribution >= 0.6 is 0 Å². The van der Waals surface area contributed by atoms with E-state index in [0.717, 1.165) is 47.9 Å². The van der Waals surface area contributed by atoms with Crippen LogP contribution in [-0.2, 0) is 11.2 Å². The number of amides is 2. The summed E-state index contributed by atoms with van der Waals surface area (Å²) in [7, 11) is 1.76. The zero-order chi connectivity index (χ0) is 28.8. The molecular weight excluding hydrogens is 509 g/mol. The van der Waals surface area contributed by atoms with Gasteiger partial charge in [-0.25, -0.2) is 4.39 Å². The summed E-state index contributed by atoms with van der Waals surface area (Å²) in [6.45, 7) is 5.97. The van der Waals surface area contributed by atoms with Crippen molar-refractivity contribution in [2.24, 2.45) is 11.1 Å². The molecule has 5 N–H and O–H groups in total. The van der Waals surface area contributed by atoms with E-state index in [1.807, 2.05) is 19.1 Å². The first-order valence-corrected chi connectivity index (χ1v) is 14.0. The van der Waals surface area contributed by atoms with Gasteiger partial charge in [0, 0.05) is 40.8 Å². The van der Waals surface area contributed by atoms with Crippen molar-refractivity contribution in [2.75, 3.05) is 12.4 Å². The lowest BCUT2D eigenvalue weighted by Crippen LogP contribution is -2.47. The molecular formula is C31H38FN5O3. The fraction of sp³-hybridized carbons (Fsp3) is 0.452. The van der Waals surface area contributed by atoms with Crippen molar-refractivity contribution in [3.05, 3.63) is 53.5 Å². The van der Waals surface area contributed by atoms with Gasteiger partial charge in [-0.3, -0.25) is 19.0 Å². The number of fused-ring (bicyclic) bond motifs is 3. The van der Waals surface area contributed by atoms with Gasteiger partial charge in [0.05, 0.1) is 17.1 Å². The van der Waals surface area contributed by atoms with Crippen molar-refractivity contribution in [3.63, 3.8) is 0 Å². The summed E-state index contributed by atoms with van der Waals surface area (Å²) in [5.41, 5.74) is 9.68. The maximum atomic E-state index is 14.3. The fourth-order valence-corrected chi connectivity index (χ4v) is 6.19. The van der Waals surface area contributed by atoms with Gasteiger partial charge in [-0.1, -0.05) is 19.9 Å². The summed E-state index contributed by atoms with van der Waals surface area (Å²) >= 11 is 0. The van der Waals surface area contributed by atoms with E-state index in [0.29, 0.717) is 29.6 Å². The zero-order valence-corrected chi connectivity index (χ0v) is 23.6. The van der Waals surface area contributed by atoms with Crippen molar-refractivity contribution < 1.29 is 18.8 Å². The van der Waals surface area contributed by atoms with Crippen LogP contribution in [0.25, 0.3) is 22.0 Å². The number of hydrogen-bond donors (Lipinski definition) is 4. The molecule has 1 aliphatic heterocycles. The van der Waals surface area contributed by atoms with Crippen LogP contribution in [-0.4, -0.2) is 47.5 Å². The van der Waals surface area contributed by atoms with Gasteiger partial charge in [0.1, 0.15) is 5.82 Å². The van der Waals surface area contributed by atoms with E-state index in [2.05, 4.69) is 29.8 Å². The molecule has 1 aromatic heterocycles. The number of nitrogens with one attached hydrogen (secondary N) is 3. The molecule has 5 rings (SSSR count). The number of hydrogen-bond acceptors (Lipinski definition) is 5. The highest BCUT2D eigenvalue weighted by Gasteiger charge is 2.35. The second-order valence-corrected chi connectivity index (χ2v) is 12.1. The van der Waals surface area contributed by atoms with Gasteiger partial charge >= 0.3 is 0 Å². The minimum atomic E-state index is -0.529. The monoisotopic (exact) mass is 547 g/mol. The number of benzene rings is 2. The summed E-state index contributed by atoms with van der Waals surface area (Å²) in [6, 6.07) is 10.0. The molecule has 0 saturated heterocycles. The molecule has 1 saturated carbocycles. The smallest absolute Gasteiger partial charge is 0.250 e. The second-order valence-electron chi connectivity index (χ2n) is 12.1. The SMILES string of the molecule is CN[C@@H](C)C(=O)N[C@H]1CC[C@H](Nc2cc(-c3c4n(c5cc(F)ccc35)C(=O)CC(C)(C)C4)ccc2C(N)=O)CC1. The van der Waals surface area contributed by atoms with Crippen LogP contribution in [0.3, 0.4) is 0 Å². The first-order valence-electron chi connectivity index (χ1n) is 14.0. The van der Waals surface area contributed by atoms with E-state index in [1.165, 1.54) is 12.1 Å². The maximum Gasteiger partial charge on any atom is 0.250 e. The van der Waals surface area contributed by atoms with Crippen molar-refractivity contribution in [1.29, 1.82) is 0 Å². The number of carbonyl (C=O) groups excluding carboxylic acids is 3. The summed E-state index contributed by atoms with van der Waals surface area (Å²) in [4.78, 5) is 37.9. The molecule has 0 unspecified atom stereocenters. The first kappa shape index (κ1) is 27.8. The molecule has 2 aromatic carbocycles. The van der Waals surface area contributed by atoms with Crippen LogP contribution in [0, 0.1) is 11.2 Å². The van der Waals surface area contributed by atoms with Crippen molar-refractivity contribution in [3.8, 4) is 11.1 Å². The van der Waals surface area contributed by atoms with Crippen LogP contribution < -0.4 is 21.7 Å². The lowest BCUT2D eigenvalue weighted by atomic mass is 9.80.